The molecule has 0 spiro atoms. The third-order valence-corrected chi connectivity index (χ3v) is 4.33. The second-order valence-corrected chi connectivity index (χ2v) is 5.85. The maximum atomic E-state index is 11.3. The van der Waals surface area contributed by atoms with E-state index in [1.165, 1.54) is 11.3 Å². The Morgan fingerprint density at radius 2 is 2.26 bits per heavy atom. The van der Waals surface area contributed by atoms with Crippen molar-refractivity contribution in [3.8, 4) is 0 Å². The van der Waals surface area contributed by atoms with Crippen LogP contribution in [0.25, 0.3) is 11.6 Å². The summed E-state index contributed by atoms with van der Waals surface area (Å²) < 4.78 is 5.72. The van der Waals surface area contributed by atoms with Crippen molar-refractivity contribution in [1.82, 2.24) is 0 Å². The molecule has 4 heteroatoms. The lowest BCUT2D eigenvalue weighted by Crippen LogP contribution is -1.97. The van der Waals surface area contributed by atoms with Gasteiger partial charge in [-0.15, -0.1) is 11.3 Å². The summed E-state index contributed by atoms with van der Waals surface area (Å²) in [5.74, 6) is 1.84. The van der Waals surface area contributed by atoms with Gasteiger partial charge in [-0.05, 0) is 42.0 Å². The van der Waals surface area contributed by atoms with Crippen LogP contribution in [0.2, 0.25) is 0 Å². The van der Waals surface area contributed by atoms with Crippen molar-refractivity contribution in [3.63, 3.8) is 0 Å². The Balaban J connectivity index is 1.90. The van der Waals surface area contributed by atoms with Crippen LogP contribution in [0.5, 0.6) is 0 Å². The van der Waals surface area contributed by atoms with Gasteiger partial charge < -0.3 is 9.52 Å². The molecule has 3 nitrogen and oxygen atoms in total. The van der Waals surface area contributed by atoms with E-state index < -0.39 is 5.97 Å². The largest absolute Gasteiger partial charge is 0.478 e. The quantitative estimate of drug-likeness (QED) is 0.854. The number of hydrogen-bond donors (Lipinski definition) is 1. The Morgan fingerprint density at radius 3 is 2.84 bits per heavy atom. The lowest BCUT2D eigenvalue weighted by atomic mass is 10.2. The number of thiophene rings is 1. The first-order valence-electron chi connectivity index (χ1n) is 6.24. The Morgan fingerprint density at radius 1 is 1.47 bits per heavy atom. The number of hydrogen-bond acceptors (Lipinski definition) is 3. The normalized spacial score (nSPS) is 22.5. The molecule has 0 aromatic carbocycles. The van der Waals surface area contributed by atoms with Crippen molar-refractivity contribution < 1.29 is 14.3 Å². The van der Waals surface area contributed by atoms with E-state index in [2.05, 4.69) is 6.92 Å². The summed E-state index contributed by atoms with van der Waals surface area (Å²) in [7, 11) is 0. The molecule has 1 aliphatic carbocycles. The van der Waals surface area contributed by atoms with Gasteiger partial charge in [-0.3, -0.25) is 0 Å². The summed E-state index contributed by atoms with van der Waals surface area (Å²) in [5, 5.41) is 11.1. The first-order valence-corrected chi connectivity index (χ1v) is 7.11. The monoisotopic (exact) mass is 274 g/mol. The van der Waals surface area contributed by atoms with E-state index in [1.807, 2.05) is 23.6 Å². The zero-order valence-corrected chi connectivity index (χ0v) is 11.3. The average molecular weight is 274 g/mol. The molecule has 2 atom stereocenters. The fraction of sp³-hybridized carbons (Fsp3) is 0.267. The van der Waals surface area contributed by atoms with Crippen LogP contribution >= 0.6 is 11.3 Å². The Hall–Kier alpha value is -1.81. The van der Waals surface area contributed by atoms with Crippen molar-refractivity contribution in [2.75, 3.05) is 0 Å². The molecule has 2 aromatic rings. The summed E-state index contributed by atoms with van der Waals surface area (Å²) in [4.78, 5) is 12.0. The lowest BCUT2D eigenvalue weighted by molar-refractivity contribution is -0.130. The standard InChI is InChI=1S/C15H14O3S/c1-9-7-11(9)13-5-4-10(18-13)8-12(15(16)17)14-3-2-6-19-14/h2-6,8-9,11H,7H2,1H3,(H,16,17)/b12-8-. The van der Waals surface area contributed by atoms with Crippen molar-refractivity contribution in [2.45, 2.75) is 19.3 Å². The molecule has 1 fully saturated rings. The van der Waals surface area contributed by atoms with Crippen LogP contribution in [-0.2, 0) is 4.79 Å². The fourth-order valence-corrected chi connectivity index (χ4v) is 2.91. The smallest absolute Gasteiger partial charge is 0.337 e. The molecular weight excluding hydrogens is 260 g/mol. The highest BCUT2D eigenvalue weighted by Crippen LogP contribution is 2.47. The predicted molar refractivity (Wildman–Crippen MR) is 75.1 cm³/mol. The second kappa shape index (κ2) is 4.70. The Kier molecular flexibility index (Phi) is 3.03. The predicted octanol–water partition coefficient (Wildman–Crippen LogP) is 4.09. The lowest BCUT2D eigenvalue weighted by Gasteiger charge is -1.97. The maximum absolute atomic E-state index is 11.3. The molecule has 0 radical (unpaired) electrons. The van der Waals surface area contributed by atoms with Crippen LogP contribution in [0.1, 0.15) is 35.7 Å². The summed E-state index contributed by atoms with van der Waals surface area (Å²) in [6, 6.07) is 7.44. The minimum Gasteiger partial charge on any atom is -0.478 e. The molecular formula is C15H14O3S. The minimum absolute atomic E-state index is 0.278. The van der Waals surface area contributed by atoms with Crippen molar-refractivity contribution >= 4 is 29.0 Å². The molecule has 1 saturated carbocycles. The van der Waals surface area contributed by atoms with Crippen LogP contribution in [0.15, 0.2) is 34.1 Å². The maximum Gasteiger partial charge on any atom is 0.337 e. The van der Waals surface area contributed by atoms with E-state index in [0.29, 0.717) is 17.6 Å². The number of aliphatic carboxylic acids is 1. The van der Waals surface area contributed by atoms with Crippen molar-refractivity contribution in [2.24, 2.45) is 5.92 Å². The molecule has 2 unspecified atom stereocenters. The molecule has 19 heavy (non-hydrogen) atoms. The molecule has 1 aliphatic rings. The van der Waals surface area contributed by atoms with E-state index in [4.69, 9.17) is 4.42 Å². The molecule has 0 bridgehead atoms. The van der Waals surface area contributed by atoms with Gasteiger partial charge in [0.2, 0.25) is 0 Å². The zero-order chi connectivity index (χ0) is 13.4. The molecule has 0 amide bonds. The van der Waals surface area contributed by atoms with E-state index in [1.54, 1.807) is 12.1 Å². The number of carbonyl (C=O) groups is 1. The first-order chi connectivity index (χ1) is 9.15. The van der Waals surface area contributed by atoms with Gasteiger partial charge in [-0.1, -0.05) is 13.0 Å². The van der Waals surface area contributed by atoms with E-state index in [0.717, 1.165) is 17.1 Å². The molecule has 2 heterocycles. The van der Waals surface area contributed by atoms with Gasteiger partial charge in [0, 0.05) is 10.8 Å². The van der Waals surface area contributed by atoms with Gasteiger partial charge in [0.15, 0.2) is 0 Å². The van der Waals surface area contributed by atoms with Gasteiger partial charge in [-0.25, -0.2) is 4.79 Å². The van der Waals surface area contributed by atoms with E-state index >= 15 is 0 Å². The zero-order valence-electron chi connectivity index (χ0n) is 10.5. The minimum atomic E-state index is -0.930. The summed E-state index contributed by atoms with van der Waals surface area (Å²) in [5.41, 5.74) is 0.278. The highest BCUT2D eigenvalue weighted by molar-refractivity contribution is 7.11. The highest BCUT2D eigenvalue weighted by atomic mass is 32.1. The molecule has 0 saturated heterocycles. The third kappa shape index (κ3) is 2.49. The number of carboxylic acids is 1. The molecule has 0 aliphatic heterocycles. The number of carboxylic acid groups (broad SMARTS) is 1. The molecule has 1 N–H and O–H groups in total. The summed E-state index contributed by atoms with van der Waals surface area (Å²) in [6.45, 7) is 2.19. The Bertz CT molecular complexity index is 622. The topological polar surface area (TPSA) is 50.4 Å². The van der Waals surface area contributed by atoms with E-state index in [-0.39, 0.29) is 5.57 Å². The van der Waals surface area contributed by atoms with Crippen molar-refractivity contribution in [3.05, 3.63) is 46.0 Å². The fourth-order valence-electron chi connectivity index (χ4n) is 2.18. The number of furan rings is 1. The van der Waals surface area contributed by atoms with Gasteiger partial charge >= 0.3 is 5.97 Å². The molecule has 2 aromatic heterocycles. The Labute approximate surface area is 115 Å². The van der Waals surface area contributed by atoms with Crippen LogP contribution in [0.4, 0.5) is 0 Å². The average Bonchev–Trinajstić information content (AvgIpc) is 2.87. The van der Waals surface area contributed by atoms with Crippen molar-refractivity contribution in [1.29, 1.82) is 0 Å². The van der Waals surface area contributed by atoms with Gasteiger partial charge in [0.25, 0.3) is 0 Å². The second-order valence-electron chi connectivity index (χ2n) is 4.90. The summed E-state index contributed by atoms with van der Waals surface area (Å²) >= 11 is 1.41. The third-order valence-electron chi connectivity index (χ3n) is 3.43. The molecule has 3 rings (SSSR count). The van der Waals surface area contributed by atoms with Gasteiger partial charge in [0.1, 0.15) is 11.5 Å². The number of rotatable bonds is 4. The highest BCUT2D eigenvalue weighted by Gasteiger charge is 2.36. The molecule has 98 valence electrons. The van der Waals surface area contributed by atoms with Crippen LogP contribution in [-0.4, -0.2) is 11.1 Å². The van der Waals surface area contributed by atoms with E-state index in [9.17, 15) is 9.90 Å². The van der Waals surface area contributed by atoms with Crippen LogP contribution in [0.3, 0.4) is 0 Å². The first kappa shape index (κ1) is 12.2. The van der Waals surface area contributed by atoms with Gasteiger partial charge in [0.05, 0.1) is 5.57 Å². The van der Waals surface area contributed by atoms with Crippen LogP contribution < -0.4 is 0 Å². The summed E-state index contributed by atoms with van der Waals surface area (Å²) in [6.07, 6.45) is 2.76. The SMILES string of the molecule is CC1CC1c1ccc(/C=C(\C(=O)O)c2cccs2)o1. The van der Waals surface area contributed by atoms with Gasteiger partial charge in [-0.2, -0.15) is 0 Å². The van der Waals surface area contributed by atoms with Crippen LogP contribution in [0, 0.1) is 5.92 Å².